The number of benzene rings is 3. The molecule has 5 nitrogen and oxygen atoms in total. The molecule has 1 fully saturated rings. The van der Waals surface area contributed by atoms with Crippen molar-refractivity contribution in [1.29, 1.82) is 0 Å². The van der Waals surface area contributed by atoms with E-state index in [9.17, 15) is 4.79 Å². The van der Waals surface area contributed by atoms with Crippen molar-refractivity contribution < 1.29 is 19.0 Å². The van der Waals surface area contributed by atoms with Crippen LogP contribution in [-0.2, 0) is 11.4 Å². The van der Waals surface area contributed by atoms with E-state index in [2.05, 4.69) is 5.32 Å². The Kier molecular flexibility index (Phi) is 7.40. The zero-order valence-electron chi connectivity index (χ0n) is 18.8. The molecule has 0 aliphatic heterocycles. The van der Waals surface area contributed by atoms with Gasteiger partial charge in [-0.3, -0.25) is 4.79 Å². The molecule has 1 unspecified atom stereocenters. The molecule has 1 aliphatic carbocycles. The van der Waals surface area contributed by atoms with E-state index in [-0.39, 0.29) is 11.9 Å². The van der Waals surface area contributed by atoms with E-state index < -0.39 is 0 Å². The lowest BCUT2D eigenvalue weighted by Gasteiger charge is -2.14. The van der Waals surface area contributed by atoms with Crippen LogP contribution in [0.4, 0.5) is 0 Å². The molecule has 172 valence electrons. The van der Waals surface area contributed by atoms with Crippen LogP contribution < -0.4 is 19.5 Å². The summed E-state index contributed by atoms with van der Waals surface area (Å²) < 4.78 is 17.7. The number of hydrogen-bond acceptors (Lipinski definition) is 4. The summed E-state index contributed by atoms with van der Waals surface area (Å²) in [5.74, 6) is 3.55. The third-order valence-corrected chi connectivity index (χ3v) is 5.79. The van der Waals surface area contributed by atoms with Crippen LogP contribution in [0.3, 0.4) is 0 Å². The van der Waals surface area contributed by atoms with Crippen molar-refractivity contribution in [1.82, 2.24) is 5.32 Å². The second-order valence-corrected chi connectivity index (χ2v) is 8.77. The smallest absolute Gasteiger partial charge is 0.217 e. The van der Waals surface area contributed by atoms with E-state index in [0.717, 1.165) is 29.2 Å². The molecule has 1 amide bonds. The fraction of sp³-hybridized carbons (Fsp3) is 0.296. The Bertz CT molecular complexity index is 1100. The fourth-order valence-electron chi connectivity index (χ4n) is 3.37. The highest BCUT2D eigenvalue weighted by atomic mass is 35.5. The predicted octanol–water partition coefficient (Wildman–Crippen LogP) is 6.70. The third kappa shape index (κ3) is 6.90. The predicted molar refractivity (Wildman–Crippen MR) is 129 cm³/mol. The highest BCUT2D eigenvalue weighted by molar-refractivity contribution is 6.31. The standard InChI is InChI=1S/C27H28ClNO4/c1-18(29-19(2)30)21-8-11-23(12-9-21)32-17-22-10-13-26(15-27(22)28)33-25-5-3-4-24(14-25)31-16-20-6-7-20/h3-5,8-15,18,20H,6-7,16-17H2,1-2H3,(H,29,30). The van der Waals surface area contributed by atoms with Crippen molar-refractivity contribution in [3.05, 3.63) is 82.9 Å². The summed E-state index contributed by atoms with van der Waals surface area (Å²) in [6.07, 6.45) is 2.52. The summed E-state index contributed by atoms with van der Waals surface area (Å²) in [6.45, 7) is 4.55. The maximum atomic E-state index is 11.2. The van der Waals surface area contributed by atoms with Crippen LogP contribution in [0.5, 0.6) is 23.0 Å². The van der Waals surface area contributed by atoms with E-state index in [1.807, 2.05) is 67.6 Å². The number of carbonyl (C=O) groups excluding carboxylic acids is 1. The number of rotatable bonds is 10. The van der Waals surface area contributed by atoms with E-state index in [4.69, 9.17) is 25.8 Å². The SMILES string of the molecule is CC(=O)NC(C)c1ccc(OCc2ccc(Oc3cccc(OCC4CC4)c3)cc2Cl)cc1. The Labute approximate surface area is 199 Å². The molecular weight excluding hydrogens is 438 g/mol. The molecule has 1 atom stereocenters. The molecule has 1 N–H and O–H groups in total. The Morgan fingerprint density at radius 1 is 0.970 bits per heavy atom. The van der Waals surface area contributed by atoms with Gasteiger partial charge in [0.15, 0.2) is 0 Å². The first-order valence-corrected chi connectivity index (χ1v) is 11.5. The molecule has 1 aliphatic rings. The number of amides is 1. The number of nitrogens with one attached hydrogen (secondary N) is 1. The van der Waals surface area contributed by atoms with E-state index >= 15 is 0 Å². The molecule has 0 bridgehead atoms. The average Bonchev–Trinajstić information content (AvgIpc) is 3.62. The maximum Gasteiger partial charge on any atom is 0.217 e. The molecule has 0 spiro atoms. The maximum absolute atomic E-state index is 11.2. The highest BCUT2D eigenvalue weighted by Gasteiger charge is 2.21. The first kappa shape index (κ1) is 23.0. The van der Waals surface area contributed by atoms with Crippen molar-refractivity contribution in [2.75, 3.05) is 6.61 Å². The lowest BCUT2D eigenvalue weighted by Crippen LogP contribution is -2.23. The average molecular weight is 466 g/mol. The second-order valence-electron chi connectivity index (χ2n) is 8.36. The molecule has 33 heavy (non-hydrogen) atoms. The van der Waals surface area contributed by atoms with Crippen molar-refractivity contribution >= 4 is 17.5 Å². The van der Waals surface area contributed by atoms with Crippen molar-refractivity contribution in [3.8, 4) is 23.0 Å². The van der Waals surface area contributed by atoms with Gasteiger partial charge in [0, 0.05) is 18.6 Å². The van der Waals surface area contributed by atoms with Gasteiger partial charge in [0.2, 0.25) is 5.91 Å². The van der Waals surface area contributed by atoms with Gasteiger partial charge >= 0.3 is 0 Å². The van der Waals surface area contributed by atoms with Crippen molar-refractivity contribution in [2.45, 2.75) is 39.3 Å². The van der Waals surface area contributed by atoms with Gasteiger partial charge in [-0.1, -0.05) is 35.9 Å². The minimum Gasteiger partial charge on any atom is -0.493 e. The zero-order chi connectivity index (χ0) is 23.2. The van der Waals surface area contributed by atoms with Crippen LogP contribution >= 0.6 is 11.6 Å². The lowest BCUT2D eigenvalue weighted by atomic mass is 10.1. The molecule has 0 saturated heterocycles. The first-order valence-electron chi connectivity index (χ1n) is 11.2. The summed E-state index contributed by atoms with van der Waals surface area (Å²) >= 11 is 6.47. The van der Waals surface area contributed by atoms with Crippen molar-refractivity contribution in [3.63, 3.8) is 0 Å². The minimum atomic E-state index is -0.0560. The molecule has 1 saturated carbocycles. The summed E-state index contributed by atoms with van der Waals surface area (Å²) in [5.41, 5.74) is 1.88. The number of ether oxygens (including phenoxy) is 3. The van der Waals surface area contributed by atoms with Gasteiger partial charge in [-0.15, -0.1) is 0 Å². The quantitative estimate of drug-likeness (QED) is 0.362. The van der Waals surface area contributed by atoms with Gasteiger partial charge in [-0.05, 0) is 67.6 Å². The highest BCUT2D eigenvalue weighted by Crippen LogP contribution is 2.32. The van der Waals surface area contributed by atoms with E-state index in [1.54, 1.807) is 6.07 Å². The number of hydrogen-bond donors (Lipinski definition) is 1. The second kappa shape index (κ2) is 10.6. The normalized spacial score (nSPS) is 13.8. The minimum absolute atomic E-state index is 0.0519. The molecule has 0 aromatic heterocycles. The Balaban J connectivity index is 1.32. The zero-order valence-corrected chi connectivity index (χ0v) is 19.6. The molecular formula is C27H28ClNO4. The van der Waals surface area contributed by atoms with Gasteiger partial charge in [0.25, 0.3) is 0 Å². The van der Waals surface area contributed by atoms with Crippen LogP contribution in [-0.4, -0.2) is 12.5 Å². The monoisotopic (exact) mass is 465 g/mol. The Hall–Kier alpha value is -3.18. The summed E-state index contributed by atoms with van der Waals surface area (Å²) in [4.78, 5) is 11.2. The summed E-state index contributed by atoms with van der Waals surface area (Å²) in [5, 5.41) is 3.44. The van der Waals surface area contributed by atoms with Gasteiger partial charge < -0.3 is 19.5 Å². The fourth-order valence-corrected chi connectivity index (χ4v) is 3.60. The first-order chi connectivity index (χ1) is 16.0. The van der Waals surface area contributed by atoms with Gasteiger partial charge in [0.05, 0.1) is 17.7 Å². The van der Waals surface area contributed by atoms with E-state index in [1.165, 1.54) is 19.8 Å². The summed E-state index contributed by atoms with van der Waals surface area (Å²) in [6, 6.07) is 20.8. The Morgan fingerprint density at radius 3 is 2.36 bits per heavy atom. The summed E-state index contributed by atoms with van der Waals surface area (Å²) in [7, 11) is 0. The van der Waals surface area contributed by atoms with Crippen LogP contribution in [0, 0.1) is 5.92 Å². The van der Waals surface area contributed by atoms with Crippen LogP contribution in [0.1, 0.15) is 43.9 Å². The largest absolute Gasteiger partial charge is 0.493 e. The van der Waals surface area contributed by atoms with Gasteiger partial charge in [-0.2, -0.15) is 0 Å². The molecule has 6 heteroatoms. The molecule has 4 rings (SSSR count). The van der Waals surface area contributed by atoms with Crippen LogP contribution in [0.2, 0.25) is 5.02 Å². The molecule has 0 radical (unpaired) electrons. The topological polar surface area (TPSA) is 56.8 Å². The number of carbonyl (C=O) groups is 1. The van der Waals surface area contributed by atoms with Crippen molar-refractivity contribution in [2.24, 2.45) is 5.92 Å². The van der Waals surface area contributed by atoms with Crippen LogP contribution in [0.25, 0.3) is 0 Å². The molecule has 0 heterocycles. The molecule has 3 aromatic carbocycles. The molecule has 3 aromatic rings. The number of halogens is 1. The van der Waals surface area contributed by atoms with Crippen LogP contribution in [0.15, 0.2) is 66.7 Å². The Morgan fingerprint density at radius 2 is 1.67 bits per heavy atom. The van der Waals surface area contributed by atoms with Gasteiger partial charge in [0.1, 0.15) is 29.6 Å². The van der Waals surface area contributed by atoms with Gasteiger partial charge in [-0.25, -0.2) is 0 Å². The lowest BCUT2D eigenvalue weighted by molar-refractivity contribution is -0.119. The third-order valence-electron chi connectivity index (χ3n) is 5.44. The van der Waals surface area contributed by atoms with E-state index in [0.29, 0.717) is 29.0 Å².